The zero-order valence-corrected chi connectivity index (χ0v) is 12.0. The lowest BCUT2D eigenvalue weighted by Crippen LogP contribution is -2.04. The standard InChI is InChI=1S/C16H12F3N3O/c1-10-14(12-3-2-8-20-9-12)22(23)15(21-10)11-4-6-13(7-5-11)16(17,18)19/h2-9,23H,1H3. The molecule has 118 valence electrons. The fourth-order valence-electron chi connectivity index (χ4n) is 2.35. The van der Waals surface area contributed by atoms with Gasteiger partial charge in [0.1, 0.15) is 5.69 Å². The van der Waals surface area contributed by atoms with Gasteiger partial charge in [-0.25, -0.2) is 4.98 Å². The van der Waals surface area contributed by atoms with Crippen molar-refractivity contribution >= 4 is 0 Å². The summed E-state index contributed by atoms with van der Waals surface area (Å²) in [5, 5.41) is 10.3. The average molecular weight is 319 g/mol. The summed E-state index contributed by atoms with van der Waals surface area (Å²) in [7, 11) is 0. The summed E-state index contributed by atoms with van der Waals surface area (Å²) in [6.07, 6.45) is -1.22. The SMILES string of the molecule is Cc1nc(-c2ccc(C(F)(F)F)cc2)n(O)c1-c1cccnc1. The number of imidazole rings is 1. The van der Waals surface area contributed by atoms with Crippen LogP contribution >= 0.6 is 0 Å². The van der Waals surface area contributed by atoms with Crippen molar-refractivity contribution in [3.05, 3.63) is 60.0 Å². The van der Waals surface area contributed by atoms with E-state index in [0.717, 1.165) is 16.9 Å². The van der Waals surface area contributed by atoms with E-state index in [0.29, 0.717) is 22.5 Å². The maximum absolute atomic E-state index is 12.6. The van der Waals surface area contributed by atoms with E-state index >= 15 is 0 Å². The highest BCUT2D eigenvalue weighted by atomic mass is 19.4. The smallest absolute Gasteiger partial charge is 0.416 e. The Morgan fingerprint density at radius 2 is 1.74 bits per heavy atom. The molecule has 0 amide bonds. The van der Waals surface area contributed by atoms with Crippen LogP contribution in [0, 0.1) is 6.92 Å². The third-order valence-corrected chi connectivity index (χ3v) is 3.43. The van der Waals surface area contributed by atoms with Crippen molar-refractivity contribution in [2.24, 2.45) is 0 Å². The van der Waals surface area contributed by atoms with Crippen molar-refractivity contribution in [2.45, 2.75) is 13.1 Å². The first-order valence-corrected chi connectivity index (χ1v) is 6.74. The molecule has 3 rings (SSSR count). The number of nitrogens with zero attached hydrogens (tertiary/aromatic N) is 3. The predicted molar refractivity (Wildman–Crippen MR) is 77.8 cm³/mol. The number of aromatic nitrogens is 3. The summed E-state index contributed by atoms with van der Waals surface area (Å²) in [6.45, 7) is 1.71. The molecule has 0 aliphatic heterocycles. The molecule has 0 bridgehead atoms. The average Bonchev–Trinajstić information content (AvgIpc) is 2.82. The van der Waals surface area contributed by atoms with Gasteiger partial charge in [-0.2, -0.15) is 17.9 Å². The van der Waals surface area contributed by atoms with Gasteiger partial charge in [0.2, 0.25) is 0 Å². The molecule has 1 N–H and O–H groups in total. The molecule has 4 nitrogen and oxygen atoms in total. The van der Waals surface area contributed by atoms with Crippen LogP contribution in [-0.2, 0) is 6.18 Å². The van der Waals surface area contributed by atoms with E-state index < -0.39 is 11.7 Å². The largest absolute Gasteiger partial charge is 0.426 e. The highest BCUT2D eigenvalue weighted by Gasteiger charge is 2.30. The topological polar surface area (TPSA) is 50.9 Å². The summed E-state index contributed by atoms with van der Waals surface area (Å²) in [5.41, 5.74) is 1.31. The van der Waals surface area contributed by atoms with Crippen molar-refractivity contribution in [1.82, 2.24) is 14.7 Å². The number of pyridine rings is 1. The van der Waals surface area contributed by atoms with Crippen LogP contribution < -0.4 is 0 Å². The molecule has 0 atom stereocenters. The minimum Gasteiger partial charge on any atom is -0.426 e. The molecule has 0 fully saturated rings. The molecule has 2 aromatic heterocycles. The number of hydrogen-bond acceptors (Lipinski definition) is 3. The third kappa shape index (κ3) is 2.77. The Bertz CT molecular complexity index is 824. The fraction of sp³-hybridized carbons (Fsp3) is 0.125. The van der Waals surface area contributed by atoms with E-state index in [1.54, 1.807) is 31.5 Å². The molecule has 23 heavy (non-hydrogen) atoms. The number of rotatable bonds is 2. The summed E-state index contributed by atoms with van der Waals surface area (Å²) < 4.78 is 38.7. The van der Waals surface area contributed by atoms with Crippen LogP contribution in [-0.4, -0.2) is 19.9 Å². The molecule has 0 saturated carbocycles. The first kappa shape index (κ1) is 15.1. The molecule has 0 aliphatic rings. The van der Waals surface area contributed by atoms with Crippen LogP contribution in [0.25, 0.3) is 22.6 Å². The molecular weight excluding hydrogens is 307 g/mol. The fourth-order valence-corrected chi connectivity index (χ4v) is 2.35. The van der Waals surface area contributed by atoms with Gasteiger partial charge in [-0.15, -0.1) is 0 Å². The van der Waals surface area contributed by atoms with E-state index in [2.05, 4.69) is 9.97 Å². The molecule has 7 heteroatoms. The van der Waals surface area contributed by atoms with E-state index in [1.165, 1.54) is 12.1 Å². The summed E-state index contributed by atoms with van der Waals surface area (Å²) in [6, 6.07) is 7.97. The van der Waals surface area contributed by atoms with Crippen molar-refractivity contribution in [2.75, 3.05) is 0 Å². The zero-order valence-electron chi connectivity index (χ0n) is 12.0. The normalized spacial score (nSPS) is 11.7. The maximum atomic E-state index is 12.6. The Morgan fingerprint density at radius 1 is 1.04 bits per heavy atom. The maximum Gasteiger partial charge on any atom is 0.416 e. The lowest BCUT2D eigenvalue weighted by Gasteiger charge is -2.08. The minimum absolute atomic E-state index is 0.176. The third-order valence-electron chi connectivity index (χ3n) is 3.43. The second-order valence-electron chi connectivity index (χ2n) is 5.00. The molecule has 0 aliphatic carbocycles. The molecule has 0 unspecified atom stereocenters. The highest BCUT2D eigenvalue weighted by Crippen LogP contribution is 2.32. The van der Waals surface area contributed by atoms with Crippen LogP contribution in [0.15, 0.2) is 48.8 Å². The zero-order chi connectivity index (χ0) is 16.6. The van der Waals surface area contributed by atoms with Crippen LogP contribution in [0.5, 0.6) is 0 Å². The summed E-state index contributed by atoms with van der Waals surface area (Å²) in [5.74, 6) is 0.176. The van der Waals surface area contributed by atoms with E-state index in [-0.39, 0.29) is 5.82 Å². The highest BCUT2D eigenvalue weighted by molar-refractivity contribution is 5.67. The monoisotopic (exact) mass is 319 g/mol. The summed E-state index contributed by atoms with van der Waals surface area (Å²) >= 11 is 0. The Morgan fingerprint density at radius 3 is 2.30 bits per heavy atom. The number of alkyl halides is 3. The molecule has 0 saturated heterocycles. The van der Waals surface area contributed by atoms with E-state index in [4.69, 9.17) is 0 Å². The lowest BCUT2D eigenvalue weighted by atomic mass is 10.1. The number of halogens is 3. The van der Waals surface area contributed by atoms with E-state index in [1.807, 2.05) is 0 Å². The van der Waals surface area contributed by atoms with Gasteiger partial charge >= 0.3 is 6.18 Å². The van der Waals surface area contributed by atoms with Crippen LogP contribution in [0.1, 0.15) is 11.3 Å². The van der Waals surface area contributed by atoms with Gasteiger partial charge in [0.15, 0.2) is 5.82 Å². The quantitative estimate of drug-likeness (QED) is 0.721. The summed E-state index contributed by atoms with van der Waals surface area (Å²) in [4.78, 5) is 8.24. The number of aryl methyl sites for hydroxylation is 1. The van der Waals surface area contributed by atoms with Gasteiger partial charge in [0.25, 0.3) is 0 Å². The first-order valence-electron chi connectivity index (χ1n) is 6.74. The Labute approximate surface area is 129 Å². The van der Waals surface area contributed by atoms with Crippen LogP contribution in [0.2, 0.25) is 0 Å². The molecule has 0 spiro atoms. The van der Waals surface area contributed by atoms with Gasteiger partial charge in [-0.05, 0) is 31.2 Å². The number of hydrogen-bond donors (Lipinski definition) is 1. The van der Waals surface area contributed by atoms with Gasteiger partial charge in [0, 0.05) is 23.5 Å². The van der Waals surface area contributed by atoms with E-state index in [9.17, 15) is 18.4 Å². The van der Waals surface area contributed by atoms with Crippen LogP contribution in [0.4, 0.5) is 13.2 Å². The minimum atomic E-state index is -4.40. The Kier molecular flexibility index (Phi) is 3.55. The number of benzene rings is 1. The Hall–Kier alpha value is -2.83. The Balaban J connectivity index is 2.05. The lowest BCUT2D eigenvalue weighted by molar-refractivity contribution is -0.137. The van der Waals surface area contributed by atoms with Crippen molar-refractivity contribution in [1.29, 1.82) is 0 Å². The second-order valence-corrected chi connectivity index (χ2v) is 5.00. The van der Waals surface area contributed by atoms with Gasteiger partial charge in [-0.1, -0.05) is 12.1 Å². The molecule has 3 aromatic rings. The second kappa shape index (κ2) is 5.42. The van der Waals surface area contributed by atoms with Crippen molar-refractivity contribution < 1.29 is 18.4 Å². The van der Waals surface area contributed by atoms with Gasteiger partial charge in [-0.3, -0.25) is 4.98 Å². The van der Waals surface area contributed by atoms with Gasteiger partial charge < -0.3 is 5.21 Å². The first-order chi connectivity index (χ1) is 10.9. The predicted octanol–water partition coefficient (Wildman–Crippen LogP) is 4.18. The van der Waals surface area contributed by atoms with Crippen molar-refractivity contribution in [3.63, 3.8) is 0 Å². The molecular formula is C16H12F3N3O. The molecule has 2 heterocycles. The van der Waals surface area contributed by atoms with Crippen LogP contribution in [0.3, 0.4) is 0 Å². The molecule has 0 radical (unpaired) electrons. The van der Waals surface area contributed by atoms with Gasteiger partial charge in [0.05, 0.1) is 11.3 Å². The van der Waals surface area contributed by atoms with Crippen molar-refractivity contribution in [3.8, 4) is 22.6 Å². The molecule has 1 aromatic carbocycles.